The standard InChI is InChI=1S/C12H5Cl3F2N2O3/c13-6-2-7(10(15)8(14)3-6)5-1-9(19(20)21)11(18-4-5)22-12(16)17/h1-4,12H. The first-order valence-corrected chi connectivity index (χ1v) is 6.67. The van der Waals surface area contributed by atoms with Gasteiger partial charge in [0.1, 0.15) is 0 Å². The molecule has 0 spiro atoms. The van der Waals surface area contributed by atoms with Crippen LogP contribution in [0.3, 0.4) is 0 Å². The molecule has 0 unspecified atom stereocenters. The summed E-state index contributed by atoms with van der Waals surface area (Å²) in [4.78, 5) is 13.6. The van der Waals surface area contributed by atoms with E-state index in [2.05, 4.69) is 9.72 Å². The first-order chi connectivity index (χ1) is 10.3. The summed E-state index contributed by atoms with van der Waals surface area (Å²) in [6, 6.07) is 3.81. The summed E-state index contributed by atoms with van der Waals surface area (Å²) >= 11 is 17.7. The van der Waals surface area contributed by atoms with Crippen molar-refractivity contribution in [2.24, 2.45) is 0 Å². The molecule has 5 nitrogen and oxygen atoms in total. The lowest BCUT2D eigenvalue weighted by atomic mass is 10.1. The van der Waals surface area contributed by atoms with E-state index in [4.69, 9.17) is 34.8 Å². The average Bonchev–Trinajstić information content (AvgIpc) is 2.42. The monoisotopic (exact) mass is 368 g/mol. The maximum absolute atomic E-state index is 12.2. The minimum absolute atomic E-state index is 0.102. The number of alkyl halides is 2. The van der Waals surface area contributed by atoms with E-state index >= 15 is 0 Å². The third-order valence-electron chi connectivity index (χ3n) is 2.53. The molecule has 10 heteroatoms. The van der Waals surface area contributed by atoms with Crippen LogP contribution in [0.1, 0.15) is 0 Å². The SMILES string of the molecule is O=[N+]([O-])c1cc(-c2cc(Cl)cc(Cl)c2Cl)cnc1OC(F)F. The molecule has 0 amide bonds. The highest BCUT2D eigenvalue weighted by Crippen LogP contribution is 2.38. The van der Waals surface area contributed by atoms with Crippen LogP contribution in [0.15, 0.2) is 24.4 Å². The molecule has 1 heterocycles. The van der Waals surface area contributed by atoms with Gasteiger partial charge in [-0.25, -0.2) is 4.98 Å². The molecule has 2 rings (SSSR count). The predicted molar refractivity (Wildman–Crippen MR) is 78.0 cm³/mol. The van der Waals surface area contributed by atoms with Gasteiger partial charge in [-0.1, -0.05) is 34.8 Å². The zero-order valence-electron chi connectivity index (χ0n) is 10.4. The van der Waals surface area contributed by atoms with Gasteiger partial charge in [0, 0.05) is 28.4 Å². The number of hydrogen-bond acceptors (Lipinski definition) is 4. The second-order valence-corrected chi connectivity index (χ2v) is 5.15. The van der Waals surface area contributed by atoms with Crippen LogP contribution in [-0.2, 0) is 0 Å². The number of hydrogen-bond donors (Lipinski definition) is 0. The summed E-state index contributed by atoms with van der Waals surface area (Å²) < 4.78 is 28.4. The Kier molecular flexibility index (Phi) is 5.00. The molecule has 0 bridgehead atoms. The molecule has 0 N–H and O–H groups in total. The van der Waals surface area contributed by atoms with Crippen molar-refractivity contribution in [3.63, 3.8) is 0 Å². The van der Waals surface area contributed by atoms with Gasteiger partial charge < -0.3 is 4.74 Å². The van der Waals surface area contributed by atoms with E-state index in [1.54, 1.807) is 0 Å². The van der Waals surface area contributed by atoms with E-state index < -0.39 is 23.1 Å². The molecule has 1 aromatic carbocycles. The van der Waals surface area contributed by atoms with Gasteiger partial charge in [-0.15, -0.1) is 0 Å². The van der Waals surface area contributed by atoms with Gasteiger partial charge in [-0.2, -0.15) is 8.78 Å². The van der Waals surface area contributed by atoms with Gasteiger partial charge in [-0.3, -0.25) is 10.1 Å². The van der Waals surface area contributed by atoms with Crippen molar-refractivity contribution in [2.75, 3.05) is 0 Å². The Morgan fingerprint density at radius 3 is 2.50 bits per heavy atom. The molecule has 0 saturated carbocycles. The Morgan fingerprint density at radius 2 is 1.91 bits per heavy atom. The topological polar surface area (TPSA) is 65.3 Å². The van der Waals surface area contributed by atoms with Crippen LogP contribution in [0.25, 0.3) is 11.1 Å². The first kappa shape index (κ1) is 16.7. The lowest BCUT2D eigenvalue weighted by Gasteiger charge is -2.09. The number of ether oxygens (including phenoxy) is 1. The normalized spacial score (nSPS) is 10.8. The summed E-state index contributed by atoms with van der Waals surface area (Å²) in [7, 11) is 0. The fourth-order valence-corrected chi connectivity index (χ4v) is 2.37. The maximum Gasteiger partial charge on any atom is 0.388 e. The number of rotatable bonds is 4. The average molecular weight is 370 g/mol. The number of nitrogens with zero attached hydrogens (tertiary/aromatic N) is 2. The quantitative estimate of drug-likeness (QED) is 0.421. The second-order valence-electron chi connectivity index (χ2n) is 3.93. The van der Waals surface area contributed by atoms with Crippen molar-refractivity contribution in [3.05, 3.63) is 49.6 Å². The molecule has 0 aliphatic rings. The highest BCUT2D eigenvalue weighted by Gasteiger charge is 2.22. The van der Waals surface area contributed by atoms with E-state index in [0.29, 0.717) is 0 Å². The molecule has 0 aliphatic carbocycles. The largest absolute Gasteiger partial charge is 0.411 e. The molecule has 0 atom stereocenters. The fourth-order valence-electron chi connectivity index (χ4n) is 1.66. The van der Waals surface area contributed by atoms with Crippen molar-refractivity contribution in [2.45, 2.75) is 6.61 Å². The minimum Gasteiger partial charge on any atom is -0.411 e. The van der Waals surface area contributed by atoms with Gasteiger partial charge in [0.05, 0.1) is 15.0 Å². The van der Waals surface area contributed by atoms with E-state index in [9.17, 15) is 18.9 Å². The van der Waals surface area contributed by atoms with E-state index in [0.717, 1.165) is 12.3 Å². The minimum atomic E-state index is -3.23. The molecule has 0 aliphatic heterocycles. The summed E-state index contributed by atoms with van der Waals surface area (Å²) in [6.07, 6.45) is 1.10. The van der Waals surface area contributed by atoms with Crippen LogP contribution in [-0.4, -0.2) is 16.5 Å². The molecule has 1 aromatic heterocycles. The second kappa shape index (κ2) is 6.60. The van der Waals surface area contributed by atoms with Crippen LogP contribution in [0.5, 0.6) is 5.88 Å². The fraction of sp³-hybridized carbons (Fsp3) is 0.0833. The summed E-state index contributed by atoms with van der Waals surface area (Å²) in [6.45, 7) is -3.23. The summed E-state index contributed by atoms with van der Waals surface area (Å²) in [5.74, 6) is -0.798. The number of pyridine rings is 1. The molecule has 116 valence electrons. The zero-order chi connectivity index (χ0) is 16.4. The molecule has 0 fully saturated rings. The van der Waals surface area contributed by atoms with Gasteiger partial charge in [-0.05, 0) is 12.1 Å². The number of halogens is 5. The van der Waals surface area contributed by atoms with Gasteiger partial charge in [0.15, 0.2) is 0 Å². The number of aromatic nitrogens is 1. The third-order valence-corrected chi connectivity index (χ3v) is 3.55. The Bertz CT molecular complexity index is 744. The Hall–Kier alpha value is -1.70. The molecule has 22 heavy (non-hydrogen) atoms. The Morgan fingerprint density at radius 1 is 1.23 bits per heavy atom. The van der Waals surface area contributed by atoms with Crippen LogP contribution in [0.4, 0.5) is 14.5 Å². The van der Waals surface area contributed by atoms with E-state index in [1.807, 2.05) is 0 Å². The predicted octanol–water partition coefficient (Wildman–Crippen LogP) is 5.22. The van der Waals surface area contributed by atoms with Crippen molar-refractivity contribution >= 4 is 40.5 Å². The van der Waals surface area contributed by atoms with Gasteiger partial charge in [0.25, 0.3) is 5.88 Å². The molecule has 2 aromatic rings. The number of benzene rings is 1. The lowest BCUT2D eigenvalue weighted by Crippen LogP contribution is -2.06. The zero-order valence-corrected chi connectivity index (χ0v) is 12.7. The van der Waals surface area contributed by atoms with E-state index in [1.165, 1.54) is 12.1 Å². The van der Waals surface area contributed by atoms with Crippen molar-refractivity contribution in [1.82, 2.24) is 4.98 Å². The Labute approximate surface area is 137 Å². The molecular weight excluding hydrogens is 364 g/mol. The molecular formula is C12H5Cl3F2N2O3. The lowest BCUT2D eigenvalue weighted by molar-refractivity contribution is -0.386. The third kappa shape index (κ3) is 3.55. The molecule has 0 radical (unpaired) electrons. The first-order valence-electron chi connectivity index (χ1n) is 5.53. The van der Waals surface area contributed by atoms with Crippen LogP contribution in [0, 0.1) is 10.1 Å². The highest BCUT2D eigenvalue weighted by atomic mass is 35.5. The van der Waals surface area contributed by atoms with Crippen LogP contribution >= 0.6 is 34.8 Å². The number of nitro groups is 1. The van der Waals surface area contributed by atoms with Gasteiger partial charge >= 0.3 is 12.3 Å². The van der Waals surface area contributed by atoms with Crippen LogP contribution < -0.4 is 4.74 Å². The molecule has 0 saturated heterocycles. The van der Waals surface area contributed by atoms with Gasteiger partial charge in [0.2, 0.25) is 0 Å². The van der Waals surface area contributed by atoms with Crippen LogP contribution in [0.2, 0.25) is 15.1 Å². The maximum atomic E-state index is 12.2. The van der Waals surface area contributed by atoms with Crippen molar-refractivity contribution < 1.29 is 18.4 Å². The van der Waals surface area contributed by atoms with Crippen molar-refractivity contribution in [1.29, 1.82) is 0 Å². The summed E-state index contributed by atoms with van der Waals surface area (Å²) in [5.41, 5.74) is -0.272. The smallest absolute Gasteiger partial charge is 0.388 e. The Balaban J connectivity index is 2.59. The van der Waals surface area contributed by atoms with E-state index in [-0.39, 0.29) is 26.2 Å². The van der Waals surface area contributed by atoms with Crippen molar-refractivity contribution in [3.8, 4) is 17.0 Å². The highest BCUT2D eigenvalue weighted by molar-refractivity contribution is 6.45. The summed E-state index contributed by atoms with van der Waals surface area (Å²) in [5, 5.41) is 11.5.